The predicted octanol–water partition coefficient (Wildman–Crippen LogP) is 5.31. The molecule has 8 nitrogen and oxygen atoms in total. The van der Waals surface area contributed by atoms with Gasteiger partial charge in [-0.1, -0.05) is 45.0 Å². The first-order valence-electron chi connectivity index (χ1n) is 10.9. The van der Waals surface area contributed by atoms with Crippen molar-refractivity contribution >= 4 is 29.3 Å². The molecule has 2 N–H and O–H groups in total. The van der Waals surface area contributed by atoms with E-state index < -0.39 is 16.7 Å². The van der Waals surface area contributed by atoms with Crippen LogP contribution in [-0.2, 0) is 10.2 Å². The number of ether oxygens (including phenoxy) is 1. The van der Waals surface area contributed by atoms with E-state index in [1.54, 1.807) is 42.5 Å². The van der Waals surface area contributed by atoms with Gasteiger partial charge in [-0.3, -0.25) is 19.7 Å². The molecule has 0 aliphatic carbocycles. The van der Waals surface area contributed by atoms with Crippen molar-refractivity contribution in [2.75, 3.05) is 12.4 Å². The largest absolute Gasteiger partial charge is 0.497 e. The van der Waals surface area contributed by atoms with E-state index in [1.165, 1.54) is 31.4 Å². The zero-order chi connectivity index (χ0) is 25.6. The number of hydrogen-bond acceptors (Lipinski definition) is 5. The number of nitrogens with one attached hydrogen (secondary N) is 2. The van der Waals surface area contributed by atoms with Gasteiger partial charge in [-0.15, -0.1) is 0 Å². The molecule has 0 bridgehead atoms. The molecule has 8 heteroatoms. The Kier molecular flexibility index (Phi) is 7.66. The second-order valence-corrected chi connectivity index (χ2v) is 8.87. The van der Waals surface area contributed by atoms with Gasteiger partial charge in [0.1, 0.15) is 11.4 Å². The molecular weight excluding hydrogens is 446 g/mol. The number of benzene rings is 3. The van der Waals surface area contributed by atoms with Crippen LogP contribution in [0.25, 0.3) is 6.08 Å². The Balaban J connectivity index is 1.90. The van der Waals surface area contributed by atoms with Crippen molar-refractivity contribution in [3.05, 3.63) is 105 Å². The average Bonchev–Trinajstić information content (AvgIpc) is 2.83. The Morgan fingerprint density at radius 3 is 2.20 bits per heavy atom. The molecule has 0 aromatic heterocycles. The highest BCUT2D eigenvalue weighted by Crippen LogP contribution is 2.23. The van der Waals surface area contributed by atoms with Gasteiger partial charge in [0.15, 0.2) is 0 Å². The maximum atomic E-state index is 13.1. The van der Waals surface area contributed by atoms with Gasteiger partial charge in [0.05, 0.1) is 12.0 Å². The number of anilines is 1. The van der Waals surface area contributed by atoms with E-state index >= 15 is 0 Å². The van der Waals surface area contributed by atoms with Crippen LogP contribution in [0.3, 0.4) is 0 Å². The standard InChI is InChI=1S/C27H27N3O5/c1-27(2,3)20-10-8-19(9-11-20)25(31)29-24(17-18-6-5-7-22(16-18)30(33)34)26(32)28-21-12-14-23(35-4)15-13-21/h5-17H,1-4H3,(H,28,32)(H,29,31)/b24-17-. The number of nitro benzene ring substituents is 1. The summed E-state index contributed by atoms with van der Waals surface area (Å²) in [7, 11) is 1.54. The van der Waals surface area contributed by atoms with Gasteiger partial charge in [-0.2, -0.15) is 0 Å². The van der Waals surface area contributed by atoms with Crippen molar-refractivity contribution in [2.24, 2.45) is 0 Å². The number of hydrogen-bond donors (Lipinski definition) is 2. The third-order valence-corrected chi connectivity index (χ3v) is 5.25. The maximum Gasteiger partial charge on any atom is 0.272 e. The first-order valence-corrected chi connectivity index (χ1v) is 10.9. The number of non-ortho nitro benzene ring substituents is 1. The lowest BCUT2D eigenvalue weighted by Crippen LogP contribution is -2.30. The lowest BCUT2D eigenvalue weighted by molar-refractivity contribution is -0.384. The topological polar surface area (TPSA) is 111 Å². The minimum Gasteiger partial charge on any atom is -0.497 e. The molecule has 0 atom stereocenters. The summed E-state index contributed by atoms with van der Waals surface area (Å²) >= 11 is 0. The van der Waals surface area contributed by atoms with Gasteiger partial charge in [-0.05, 0) is 59.0 Å². The van der Waals surface area contributed by atoms with Gasteiger partial charge in [-0.25, -0.2) is 0 Å². The summed E-state index contributed by atoms with van der Waals surface area (Å²) in [6.07, 6.45) is 1.40. The highest BCUT2D eigenvalue weighted by Gasteiger charge is 2.18. The lowest BCUT2D eigenvalue weighted by atomic mass is 9.87. The summed E-state index contributed by atoms with van der Waals surface area (Å²) in [4.78, 5) is 36.7. The summed E-state index contributed by atoms with van der Waals surface area (Å²) in [5, 5.41) is 16.5. The third-order valence-electron chi connectivity index (χ3n) is 5.25. The van der Waals surface area contributed by atoms with Crippen molar-refractivity contribution < 1.29 is 19.2 Å². The second-order valence-electron chi connectivity index (χ2n) is 8.87. The van der Waals surface area contributed by atoms with E-state index in [4.69, 9.17) is 4.74 Å². The molecule has 0 saturated heterocycles. The molecule has 3 aromatic rings. The van der Waals surface area contributed by atoms with Gasteiger partial charge >= 0.3 is 0 Å². The molecule has 0 unspecified atom stereocenters. The Morgan fingerprint density at radius 2 is 1.63 bits per heavy atom. The molecule has 2 amide bonds. The number of carbonyl (C=O) groups excluding carboxylic acids is 2. The smallest absolute Gasteiger partial charge is 0.272 e. The quantitative estimate of drug-likeness (QED) is 0.274. The van der Waals surface area contributed by atoms with Crippen LogP contribution < -0.4 is 15.4 Å². The van der Waals surface area contributed by atoms with Crippen molar-refractivity contribution in [3.63, 3.8) is 0 Å². The minimum atomic E-state index is -0.582. The molecule has 0 aliphatic rings. The van der Waals surface area contributed by atoms with Crippen LogP contribution in [-0.4, -0.2) is 23.8 Å². The number of methoxy groups -OCH3 is 1. The van der Waals surface area contributed by atoms with Crippen molar-refractivity contribution in [3.8, 4) is 5.75 Å². The number of nitrogens with zero attached hydrogens (tertiary/aromatic N) is 1. The van der Waals surface area contributed by atoms with Crippen LogP contribution >= 0.6 is 0 Å². The van der Waals surface area contributed by atoms with E-state index in [0.717, 1.165) is 5.56 Å². The number of nitro groups is 1. The fourth-order valence-electron chi connectivity index (χ4n) is 3.24. The van der Waals surface area contributed by atoms with Gasteiger partial charge < -0.3 is 15.4 Å². The Morgan fingerprint density at radius 1 is 0.971 bits per heavy atom. The first-order chi connectivity index (χ1) is 16.6. The van der Waals surface area contributed by atoms with E-state index in [1.807, 2.05) is 12.1 Å². The lowest BCUT2D eigenvalue weighted by Gasteiger charge is -2.19. The fourth-order valence-corrected chi connectivity index (χ4v) is 3.24. The third kappa shape index (κ3) is 6.77. The van der Waals surface area contributed by atoms with E-state index in [0.29, 0.717) is 22.6 Å². The summed E-state index contributed by atoms with van der Waals surface area (Å²) in [5.41, 5.74) is 2.06. The molecule has 3 aromatic carbocycles. The molecule has 0 fully saturated rings. The normalized spacial score (nSPS) is 11.5. The summed E-state index contributed by atoms with van der Waals surface area (Å²) in [6.45, 7) is 6.22. The van der Waals surface area contributed by atoms with Crippen LogP contribution in [0.15, 0.2) is 78.5 Å². The molecule has 0 heterocycles. The molecule has 0 radical (unpaired) electrons. The molecular formula is C27H27N3O5. The fraction of sp³-hybridized carbons (Fsp3) is 0.185. The van der Waals surface area contributed by atoms with Gasteiger partial charge in [0, 0.05) is 23.4 Å². The van der Waals surface area contributed by atoms with E-state index in [2.05, 4.69) is 31.4 Å². The first kappa shape index (κ1) is 25.2. The van der Waals surface area contributed by atoms with Gasteiger partial charge in [0.25, 0.3) is 17.5 Å². The molecule has 35 heavy (non-hydrogen) atoms. The Hall–Kier alpha value is -4.46. The van der Waals surface area contributed by atoms with Crippen molar-refractivity contribution in [1.82, 2.24) is 5.32 Å². The van der Waals surface area contributed by atoms with Crippen LogP contribution in [0.1, 0.15) is 42.3 Å². The highest BCUT2D eigenvalue weighted by molar-refractivity contribution is 6.10. The molecule has 0 aliphatic heterocycles. The SMILES string of the molecule is COc1ccc(NC(=O)/C(=C/c2cccc([N+](=O)[O-])c2)NC(=O)c2ccc(C(C)(C)C)cc2)cc1. The zero-order valence-corrected chi connectivity index (χ0v) is 20.0. The van der Waals surface area contributed by atoms with Crippen LogP contribution in [0.2, 0.25) is 0 Å². The summed E-state index contributed by atoms with van der Waals surface area (Å²) in [5.74, 6) is -0.435. The van der Waals surface area contributed by atoms with Crippen LogP contribution in [0.4, 0.5) is 11.4 Å². The van der Waals surface area contributed by atoms with Crippen LogP contribution in [0, 0.1) is 10.1 Å². The Labute approximate surface area is 203 Å². The van der Waals surface area contributed by atoms with E-state index in [-0.39, 0.29) is 16.8 Å². The van der Waals surface area contributed by atoms with Crippen molar-refractivity contribution in [2.45, 2.75) is 26.2 Å². The summed E-state index contributed by atoms with van der Waals surface area (Å²) < 4.78 is 5.13. The second kappa shape index (κ2) is 10.6. The number of amides is 2. The Bertz CT molecular complexity index is 1260. The monoisotopic (exact) mass is 473 g/mol. The minimum absolute atomic E-state index is 0.0637. The number of carbonyl (C=O) groups is 2. The zero-order valence-electron chi connectivity index (χ0n) is 20.0. The number of rotatable bonds is 7. The molecule has 180 valence electrons. The van der Waals surface area contributed by atoms with Gasteiger partial charge in [0.2, 0.25) is 0 Å². The average molecular weight is 474 g/mol. The highest BCUT2D eigenvalue weighted by atomic mass is 16.6. The molecule has 0 saturated carbocycles. The van der Waals surface area contributed by atoms with Crippen molar-refractivity contribution in [1.29, 1.82) is 0 Å². The maximum absolute atomic E-state index is 13.1. The summed E-state index contributed by atoms with van der Waals surface area (Å²) in [6, 6.07) is 19.6. The predicted molar refractivity (Wildman–Crippen MR) is 135 cm³/mol. The molecule has 3 rings (SSSR count). The van der Waals surface area contributed by atoms with E-state index in [9.17, 15) is 19.7 Å². The van der Waals surface area contributed by atoms with Crippen LogP contribution in [0.5, 0.6) is 5.75 Å². The molecule has 0 spiro atoms.